The molecule has 0 saturated heterocycles. The van der Waals surface area contributed by atoms with Crippen molar-refractivity contribution in [1.82, 2.24) is 14.9 Å². The summed E-state index contributed by atoms with van der Waals surface area (Å²) in [6, 6.07) is 5.94. The van der Waals surface area contributed by atoms with Gasteiger partial charge in [-0.05, 0) is 24.6 Å². The zero-order chi connectivity index (χ0) is 19.2. The Bertz CT molecular complexity index is 789. The van der Waals surface area contributed by atoms with Crippen LogP contribution in [-0.4, -0.2) is 51.3 Å². The number of hydrogen-bond donors (Lipinski definition) is 2. The van der Waals surface area contributed by atoms with Gasteiger partial charge in [0.05, 0.1) is 17.5 Å². The van der Waals surface area contributed by atoms with Crippen molar-refractivity contribution >= 4 is 21.8 Å². The monoisotopic (exact) mass is 379 g/mol. The van der Waals surface area contributed by atoms with Gasteiger partial charge in [-0.3, -0.25) is 9.59 Å². The molecule has 0 saturated carbocycles. The maximum Gasteiger partial charge on any atom is 0.254 e. The number of carbonyl (C=O) groups is 2. The van der Waals surface area contributed by atoms with Crippen molar-refractivity contribution in [2.24, 2.45) is 0 Å². The summed E-state index contributed by atoms with van der Waals surface area (Å²) in [6.45, 7) is 2.27. The fraction of sp³-hybridized carbons (Fsp3) is 0.444. The number of hydrogen-bond acceptors (Lipinski definition) is 4. The lowest BCUT2D eigenvalue weighted by molar-refractivity contribution is -0.119. The Labute approximate surface area is 154 Å². The van der Waals surface area contributed by atoms with Gasteiger partial charge >= 0.3 is 0 Å². The topological polar surface area (TPSA) is 95.6 Å². The molecule has 1 aliphatic rings. The molecule has 1 aromatic carbocycles. The van der Waals surface area contributed by atoms with E-state index in [-0.39, 0.29) is 23.4 Å². The second-order valence-corrected chi connectivity index (χ2v) is 7.89. The first-order chi connectivity index (χ1) is 12.4. The van der Waals surface area contributed by atoms with Crippen LogP contribution in [0.5, 0.6) is 0 Å². The molecule has 0 spiro atoms. The summed E-state index contributed by atoms with van der Waals surface area (Å²) in [7, 11) is -2.44. The van der Waals surface area contributed by atoms with E-state index in [1.54, 1.807) is 11.0 Å². The van der Waals surface area contributed by atoms with Crippen LogP contribution in [0.1, 0.15) is 36.5 Å². The van der Waals surface area contributed by atoms with Crippen LogP contribution in [0.3, 0.4) is 0 Å². The first-order valence-electron chi connectivity index (χ1n) is 8.67. The minimum absolute atomic E-state index is 0.0375. The molecule has 7 nitrogen and oxygen atoms in total. The second-order valence-electron chi connectivity index (χ2n) is 6.12. The average molecular weight is 379 g/mol. The number of unbranched alkanes of at least 4 members (excludes halogenated alkanes) is 1. The van der Waals surface area contributed by atoms with Gasteiger partial charge in [0.15, 0.2) is 0 Å². The number of benzene rings is 1. The lowest BCUT2D eigenvalue weighted by Crippen LogP contribution is -2.36. The van der Waals surface area contributed by atoms with E-state index in [4.69, 9.17) is 0 Å². The number of amides is 2. The number of nitrogens with one attached hydrogen (secondary N) is 2. The maximum atomic E-state index is 12.8. The Balaban J connectivity index is 2.15. The van der Waals surface area contributed by atoms with E-state index in [1.165, 1.54) is 25.2 Å². The van der Waals surface area contributed by atoms with Gasteiger partial charge in [0.1, 0.15) is 0 Å². The number of likely N-dealkylation sites (N-methyl/N-ethyl adjacent to an activating group) is 1. The lowest BCUT2D eigenvalue weighted by atomic mass is 10.1. The summed E-state index contributed by atoms with van der Waals surface area (Å²) < 4.78 is 26.9. The molecule has 2 amide bonds. The van der Waals surface area contributed by atoms with E-state index in [2.05, 4.69) is 17.0 Å². The smallest absolute Gasteiger partial charge is 0.254 e. The van der Waals surface area contributed by atoms with Crippen molar-refractivity contribution in [1.29, 1.82) is 0 Å². The molecule has 1 aromatic rings. The van der Waals surface area contributed by atoms with Gasteiger partial charge in [0, 0.05) is 19.2 Å². The average Bonchev–Trinajstić information content (AvgIpc) is 3.12. The Morgan fingerprint density at radius 3 is 2.77 bits per heavy atom. The summed E-state index contributed by atoms with van der Waals surface area (Å²) >= 11 is 0. The van der Waals surface area contributed by atoms with E-state index in [0.717, 1.165) is 19.3 Å². The molecule has 2 rings (SSSR count). The lowest BCUT2D eigenvalue weighted by Gasteiger charge is -2.25. The third-order valence-corrected chi connectivity index (χ3v) is 5.67. The second kappa shape index (κ2) is 8.95. The Hall–Kier alpha value is -2.19. The number of rotatable bonds is 8. The first kappa shape index (κ1) is 20.1. The molecule has 0 aliphatic carbocycles. The number of carbonyl (C=O) groups excluding carboxylic acids is 2. The normalized spacial score (nSPS) is 16.7. The largest absolute Gasteiger partial charge is 0.358 e. The minimum atomic E-state index is -3.87. The SMILES string of the molecule is CCCC[C@H]1C=CCN1C(=O)c1cccc(S(=O)(=O)NCC(=O)NC)c1. The third-order valence-electron chi connectivity index (χ3n) is 4.27. The van der Waals surface area contributed by atoms with Crippen molar-refractivity contribution in [2.45, 2.75) is 37.1 Å². The predicted octanol–water partition coefficient (Wildman–Crippen LogP) is 1.28. The molecule has 0 aromatic heterocycles. The molecule has 0 fully saturated rings. The molecule has 1 heterocycles. The standard InChI is InChI=1S/C18H25N3O4S/c1-3-4-8-15-9-6-11-21(15)18(23)14-7-5-10-16(12-14)26(24,25)20-13-17(22)19-2/h5-7,9-10,12,15,20H,3-4,8,11,13H2,1-2H3,(H,19,22)/t15-/m0/s1. The van der Waals surface area contributed by atoms with E-state index < -0.39 is 15.9 Å². The van der Waals surface area contributed by atoms with Crippen molar-refractivity contribution in [3.8, 4) is 0 Å². The molecule has 8 heteroatoms. The molecular formula is C18H25N3O4S. The van der Waals surface area contributed by atoms with Crippen LogP contribution in [0.25, 0.3) is 0 Å². The number of sulfonamides is 1. The Morgan fingerprint density at radius 1 is 1.31 bits per heavy atom. The van der Waals surface area contributed by atoms with E-state index in [0.29, 0.717) is 12.1 Å². The van der Waals surface area contributed by atoms with Crippen molar-refractivity contribution in [2.75, 3.05) is 20.1 Å². The highest BCUT2D eigenvalue weighted by atomic mass is 32.2. The van der Waals surface area contributed by atoms with E-state index in [1.807, 2.05) is 12.2 Å². The van der Waals surface area contributed by atoms with Crippen LogP contribution in [-0.2, 0) is 14.8 Å². The highest BCUT2D eigenvalue weighted by Gasteiger charge is 2.26. The van der Waals surface area contributed by atoms with E-state index in [9.17, 15) is 18.0 Å². The van der Waals surface area contributed by atoms with Crippen LogP contribution in [0.15, 0.2) is 41.3 Å². The van der Waals surface area contributed by atoms with Gasteiger partial charge in [-0.25, -0.2) is 13.1 Å². The minimum Gasteiger partial charge on any atom is -0.358 e. The third kappa shape index (κ3) is 4.92. The summed E-state index contributed by atoms with van der Waals surface area (Å²) in [5.41, 5.74) is 0.318. The molecule has 0 unspecified atom stereocenters. The summed E-state index contributed by atoms with van der Waals surface area (Å²) in [6.07, 6.45) is 6.96. The van der Waals surface area contributed by atoms with Crippen molar-refractivity contribution in [3.63, 3.8) is 0 Å². The van der Waals surface area contributed by atoms with Crippen LogP contribution >= 0.6 is 0 Å². The number of nitrogens with zero attached hydrogens (tertiary/aromatic N) is 1. The molecule has 26 heavy (non-hydrogen) atoms. The summed E-state index contributed by atoms with van der Waals surface area (Å²) in [4.78, 5) is 25.8. The highest BCUT2D eigenvalue weighted by molar-refractivity contribution is 7.89. The van der Waals surface area contributed by atoms with E-state index >= 15 is 0 Å². The van der Waals surface area contributed by atoms with Crippen LogP contribution in [0.4, 0.5) is 0 Å². The molecule has 0 radical (unpaired) electrons. The van der Waals surface area contributed by atoms with Crippen molar-refractivity contribution in [3.05, 3.63) is 42.0 Å². The fourth-order valence-electron chi connectivity index (χ4n) is 2.76. The molecule has 0 bridgehead atoms. The van der Waals surface area contributed by atoms with Gasteiger partial charge in [-0.15, -0.1) is 0 Å². The maximum absolute atomic E-state index is 12.8. The van der Waals surface area contributed by atoms with Gasteiger partial charge in [0.2, 0.25) is 15.9 Å². The highest BCUT2D eigenvalue weighted by Crippen LogP contribution is 2.20. The van der Waals surface area contributed by atoms with Crippen LogP contribution in [0, 0.1) is 0 Å². The fourth-order valence-corrected chi connectivity index (χ4v) is 3.79. The Kier molecular flexibility index (Phi) is 6.93. The molecule has 1 aliphatic heterocycles. The summed E-state index contributed by atoms with van der Waals surface area (Å²) in [5.74, 6) is -0.637. The van der Waals surface area contributed by atoms with Gasteiger partial charge < -0.3 is 10.2 Å². The zero-order valence-corrected chi connectivity index (χ0v) is 15.9. The van der Waals surface area contributed by atoms with Crippen molar-refractivity contribution < 1.29 is 18.0 Å². The molecule has 142 valence electrons. The zero-order valence-electron chi connectivity index (χ0n) is 15.1. The molecule has 1 atom stereocenters. The quantitative estimate of drug-likeness (QED) is 0.665. The summed E-state index contributed by atoms with van der Waals surface area (Å²) in [5, 5.41) is 2.34. The van der Waals surface area contributed by atoms with Crippen LogP contribution in [0.2, 0.25) is 0 Å². The first-order valence-corrected chi connectivity index (χ1v) is 10.1. The van der Waals surface area contributed by atoms with Gasteiger partial charge in [-0.2, -0.15) is 0 Å². The van der Waals surface area contributed by atoms with Gasteiger partial charge in [0.25, 0.3) is 5.91 Å². The molecular weight excluding hydrogens is 354 g/mol. The predicted molar refractivity (Wildman–Crippen MR) is 99.2 cm³/mol. The molecule has 2 N–H and O–H groups in total. The Morgan fingerprint density at radius 2 is 2.08 bits per heavy atom. The van der Waals surface area contributed by atoms with Crippen LogP contribution < -0.4 is 10.0 Å². The van der Waals surface area contributed by atoms with Gasteiger partial charge in [-0.1, -0.05) is 38.0 Å².